The monoisotopic (exact) mass is 358 g/mol. The van der Waals surface area contributed by atoms with Crippen LogP contribution in [0.3, 0.4) is 0 Å². The summed E-state index contributed by atoms with van der Waals surface area (Å²) in [4.78, 5) is 11.7. The molecule has 0 fully saturated rings. The summed E-state index contributed by atoms with van der Waals surface area (Å²) in [5.74, 6) is -0.342. The van der Waals surface area contributed by atoms with Crippen LogP contribution in [-0.2, 0) is 15.8 Å². The molecule has 20 heavy (non-hydrogen) atoms. The minimum atomic E-state index is -1.80. The Morgan fingerprint density at radius 1 is 1.30 bits per heavy atom. The Hall–Kier alpha value is -0.653. The Morgan fingerprint density at radius 2 is 1.90 bits per heavy atom. The summed E-state index contributed by atoms with van der Waals surface area (Å²) in [7, 11) is -0.418. The molecule has 0 atom stereocenters. The van der Waals surface area contributed by atoms with Gasteiger partial charge in [-0.2, -0.15) is 0 Å². The number of carbonyl (C=O) groups is 1. The molecule has 112 valence electrons. The predicted octanol–water partition coefficient (Wildman–Crippen LogP) is 4.76. The highest BCUT2D eigenvalue weighted by Crippen LogP contribution is 2.37. The highest BCUT2D eigenvalue weighted by Gasteiger charge is 2.37. The third-order valence-corrected chi connectivity index (χ3v) is 9.29. The number of hydrogen-bond donors (Lipinski definition) is 0. The first-order valence-electron chi connectivity index (χ1n) is 6.60. The lowest BCUT2D eigenvalue weighted by molar-refractivity contribution is 0.0599. The average Bonchev–Trinajstić information content (AvgIpc) is 2.35. The molecule has 0 unspecified atom stereocenters. The average molecular weight is 359 g/mol. The van der Waals surface area contributed by atoms with Crippen LogP contribution >= 0.6 is 15.9 Å². The molecule has 1 rings (SSSR count). The van der Waals surface area contributed by atoms with E-state index in [-0.39, 0.29) is 11.0 Å². The first-order valence-corrected chi connectivity index (χ1v) is 10.3. The van der Waals surface area contributed by atoms with Gasteiger partial charge in [0.15, 0.2) is 8.32 Å². The molecular formula is C15H23BrO3Si. The molecule has 0 aromatic heterocycles. The van der Waals surface area contributed by atoms with Gasteiger partial charge in [0.1, 0.15) is 0 Å². The minimum absolute atomic E-state index is 0.166. The fourth-order valence-corrected chi connectivity index (χ4v) is 2.92. The van der Waals surface area contributed by atoms with E-state index >= 15 is 0 Å². The summed E-state index contributed by atoms with van der Waals surface area (Å²) in [5.41, 5.74) is 1.50. The highest BCUT2D eigenvalue weighted by molar-refractivity contribution is 9.10. The van der Waals surface area contributed by atoms with Crippen molar-refractivity contribution >= 4 is 30.2 Å². The van der Waals surface area contributed by atoms with Gasteiger partial charge < -0.3 is 9.16 Å². The Morgan fingerprint density at radius 3 is 2.40 bits per heavy atom. The first kappa shape index (κ1) is 17.4. The molecule has 1 aromatic carbocycles. The number of carbonyl (C=O) groups excluding carboxylic acids is 1. The maximum atomic E-state index is 11.7. The second-order valence-corrected chi connectivity index (χ2v) is 11.9. The predicted molar refractivity (Wildman–Crippen MR) is 87.5 cm³/mol. The van der Waals surface area contributed by atoms with Crippen LogP contribution in [0.15, 0.2) is 22.7 Å². The Bertz CT molecular complexity index is 492. The Balaban J connectivity index is 2.93. The van der Waals surface area contributed by atoms with E-state index in [0.29, 0.717) is 12.2 Å². The zero-order valence-electron chi connectivity index (χ0n) is 13.0. The lowest BCUT2D eigenvalue weighted by Gasteiger charge is -2.36. The third kappa shape index (κ3) is 3.93. The third-order valence-electron chi connectivity index (χ3n) is 3.88. The van der Waals surface area contributed by atoms with Crippen molar-refractivity contribution in [3.8, 4) is 0 Å². The zero-order valence-corrected chi connectivity index (χ0v) is 15.6. The fourth-order valence-electron chi connectivity index (χ4n) is 1.43. The molecule has 0 N–H and O–H groups in total. The van der Waals surface area contributed by atoms with Crippen molar-refractivity contribution in [3.63, 3.8) is 0 Å². The maximum Gasteiger partial charge on any atom is 0.339 e. The number of rotatable bonds is 4. The Kier molecular flexibility index (Phi) is 5.58. The first-order chi connectivity index (χ1) is 9.10. The molecule has 0 aliphatic heterocycles. The lowest BCUT2D eigenvalue weighted by atomic mass is 10.1. The molecule has 5 heteroatoms. The van der Waals surface area contributed by atoms with Gasteiger partial charge in [-0.25, -0.2) is 4.79 Å². The SMILES string of the molecule is COC(=O)c1cccc(CO[Si](C)(C)C(C)(C)C)c1Br. The van der Waals surface area contributed by atoms with Crippen LogP contribution < -0.4 is 0 Å². The molecule has 0 amide bonds. The van der Waals surface area contributed by atoms with Gasteiger partial charge in [-0.1, -0.05) is 32.9 Å². The van der Waals surface area contributed by atoms with Crippen LogP contribution in [0.2, 0.25) is 18.1 Å². The van der Waals surface area contributed by atoms with Crippen LogP contribution in [0.4, 0.5) is 0 Å². The standard InChI is InChI=1S/C15H23BrO3Si/c1-15(2,3)20(5,6)19-10-11-8-7-9-12(13(11)16)14(17)18-4/h7-9H,10H2,1-6H3. The van der Waals surface area contributed by atoms with E-state index in [1.807, 2.05) is 12.1 Å². The van der Waals surface area contributed by atoms with E-state index in [0.717, 1.165) is 10.0 Å². The molecule has 0 aliphatic rings. The lowest BCUT2D eigenvalue weighted by Crippen LogP contribution is -2.40. The zero-order chi connectivity index (χ0) is 15.6. The summed E-state index contributed by atoms with van der Waals surface area (Å²) >= 11 is 3.48. The summed E-state index contributed by atoms with van der Waals surface area (Å²) in [6.45, 7) is 11.6. The summed E-state index contributed by atoms with van der Waals surface area (Å²) in [6.07, 6.45) is 0. The van der Waals surface area contributed by atoms with E-state index in [1.54, 1.807) is 6.07 Å². The molecule has 0 aliphatic carbocycles. The molecule has 0 radical (unpaired) electrons. The molecule has 0 saturated heterocycles. The number of methoxy groups -OCH3 is 1. The van der Waals surface area contributed by atoms with Crippen LogP contribution in [0, 0.1) is 0 Å². The molecule has 1 aromatic rings. The van der Waals surface area contributed by atoms with E-state index in [2.05, 4.69) is 49.8 Å². The summed E-state index contributed by atoms with van der Waals surface area (Å²) in [6, 6.07) is 5.55. The van der Waals surface area contributed by atoms with Crippen molar-refractivity contribution in [2.45, 2.75) is 45.5 Å². The molecule has 0 bridgehead atoms. The minimum Gasteiger partial charge on any atom is -0.465 e. The van der Waals surface area contributed by atoms with E-state index in [4.69, 9.17) is 9.16 Å². The number of esters is 1. The number of ether oxygens (including phenoxy) is 1. The van der Waals surface area contributed by atoms with E-state index < -0.39 is 8.32 Å². The largest absolute Gasteiger partial charge is 0.465 e. The van der Waals surface area contributed by atoms with Crippen molar-refractivity contribution < 1.29 is 14.0 Å². The number of benzene rings is 1. The van der Waals surface area contributed by atoms with Gasteiger partial charge in [-0.3, -0.25) is 0 Å². The molecular weight excluding hydrogens is 336 g/mol. The fraction of sp³-hybridized carbons (Fsp3) is 0.533. The van der Waals surface area contributed by atoms with Crippen molar-refractivity contribution in [1.29, 1.82) is 0 Å². The second-order valence-electron chi connectivity index (χ2n) is 6.32. The van der Waals surface area contributed by atoms with Crippen LogP contribution in [0.25, 0.3) is 0 Å². The van der Waals surface area contributed by atoms with Gasteiger partial charge in [0.25, 0.3) is 0 Å². The quantitative estimate of drug-likeness (QED) is 0.574. The van der Waals surface area contributed by atoms with Gasteiger partial charge in [-0.15, -0.1) is 0 Å². The number of halogens is 1. The summed E-state index contributed by atoms with van der Waals surface area (Å²) < 4.78 is 11.7. The van der Waals surface area contributed by atoms with Crippen LogP contribution in [-0.4, -0.2) is 21.4 Å². The number of hydrogen-bond acceptors (Lipinski definition) is 3. The van der Waals surface area contributed by atoms with Crippen LogP contribution in [0.5, 0.6) is 0 Å². The van der Waals surface area contributed by atoms with Crippen molar-refractivity contribution in [3.05, 3.63) is 33.8 Å². The maximum absolute atomic E-state index is 11.7. The van der Waals surface area contributed by atoms with Crippen LogP contribution in [0.1, 0.15) is 36.7 Å². The Labute approximate surface area is 130 Å². The van der Waals surface area contributed by atoms with Gasteiger partial charge in [0.2, 0.25) is 0 Å². The van der Waals surface area contributed by atoms with Gasteiger partial charge in [0, 0.05) is 4.47 Å². The van der Waals surface area contributed by atoms with Crippen molar-refractivity contribution in [1.82, 2.24) is 0 Å². The molecule has 0 saturated carbocycles. The van der Waals surface area contributed by atoms with E-state index in [1.165, 1.54) is 7.11 Å². The smallest absolute Gasteiger partial charge is 0.339 e. The normalized spacial score (nSPS) is 12.3. The van der Waals surface area contributed by atoms with E-state index in [9.17, 15) is 4.79 Å². The molecule has 0 heterocycles. The van der Waals surface area contributed by atoms with Gasteiger partial charge in [-0.05, 0) is 45.7 Å². The molecule has 0 spiro atoms. The highest BCUT2D eigenvalue weighted by atomic mass is 79.9. The van der Waals surface area contributed by atoms with Gasteiger partial charge in [0.05, 0.1) is 19.3 Å². The summed E-state index contributed by atoms with van der Waals surface area (Å²) in [5, 5.41) is 0.166. The van der Waals surface area contributed by atoms with Crippen molar-refractivity contribution in [2.75, 3.05) is 7.11 Å². The van der Waals surface area contributed by atoms with Gasteiger partial charge >= 0.3 is 5.97 Å². The second kappa shape index (κ2) is 6.41. The topological polar surface area (TPSA) is 35.5 Å². The molecule has 3 nitrogen and oxygen atoms in total. The van der Waals surface area contributed by atoms with Crippen molar-refractivity contribution in [2.24, 2.45) is 0 Å².